The number of nitrogens with zero attached hydrogens (tertiary/aromatic N) is 3. The Morgan fingerprint density at radius 3 is 2.45 bits per heavy atom. The Morgan fingerprint density at radius 1 is 1.73 bits per heavy atom. The first-order chi connectivity index (χ1) is 5.04. The summed E-state index contributed by atoms with van der Waals surface area (Å²) in [6, 6.07) is 0. The van der Waals surface area contributed by atoms with Gasteiger partial charge in [-0.3, -0.25) is 0 Å². The molecule has 0 fully saturated rings. The number of hydrogen-bond acceptors (Lipinski definition) is 4. The SMILES string of the molecule is Cc1nc(S)c([N+](=O)[O-])n1C. The largest absolute Gasteiger partial charge is 0.358 e. The summed E-state index contributed by atoms with van der Waals surface area (Å²) in [4.78, 5) is 13.7. The summed E-state index contributed by atoms with van der Waals surface area (Å²) in [5.74, 6) is 0.521. The Bertz CT molecular complexity index is 307. The molecule has 1 aromatic rings. The van der Waals surface area contributed by atoms with Gasteiger partial charge in [-0.25, -0.2) is 4.57 Å². The number of rotatable bonds is 1. The fourth-order valence-corrected chi connectivity index (χ4v) is 1.16. The summed E-state index contributed by atoms with van der Waals surface area (Å²) in [7, 11) is 1.58. The number of thiol groups is 1. The molecular formula is C5H7N3O2S. The third-order valence-electron chi connectivity index (χ3n) is 1.44. The highest BCUT2D eigenvalue weighted by molar-refractivity contribution is 7.80. The lowest BCUT2D eigenvalue weighted by Gasteiger charge is -1.93. The summed E-state index contributed by atoms with van der Waals surface area (Å²) in [5, 5.41) is 10.5. The number of aromatic nitrogens is 2. The number of hydrogen-bond donors (Lipinski definition) is 1. The molecule has 1 aromatic heterocycles. The van der Waals surface area contributed by atoms with E-state index < -0.39 is 4.92 Å². The van der Waals surface area contributed by atoms with Gasteiger partial charge in [-0.1, -0.05) is 0 Å². The molecule has 0 spiro atoms. The molecule has 0 bridgehead atoms. The minimum Gasteiger partial charge on any atom is -0.358 e. The van der Waals surface area contributed by atoms with Gasteiger partial charge in [0.1, 0.15) is 0 Å². The smallest absolute Gasteiger partial charge is 0.356 e. The van der Waals surface area contributed by atoms with Crippen LogP contribution in [0.4, 0.5) is 5.82 Å². The molecule has 0 atom stereocenters. The molecule has 0 saturated carbocycles. The second-order valence-corrected chi connectivity index (χ2v) is 2.55. The van der Waals surface area contributed by atoms with Crippen molar-refractivity contribution in [3.8, 4) is 0 Å². The zero-order valence-corrected chi connectivity index (χ0v) is 7.00. The van der Waals surface area contributed by atoms with Crippen LogP contribution in [0.15, 0.2) is 5.03 Å². The van der Waals surface area contributed by atoms with Gasteiger partial charge in [-0.05, 0) is 4.92 Å². The second kappa shape index (κ2) is 2.54. The fourth-order valence-electron chi connectivity index (χ4n) is 0.786. The standard InChI is InChI=1S/C5H7N3O2S/c1-3-6-4(11)5(7(3)2)8(9)10/h11H,1-2H3. The van der Waals surface area contributed by atoms with Crippen molar-refractivity contribution in [3.05, 3.63) is 15.9 Å². The summed E-state index contributed by atoms with van der Waals surface area (Å²) in [5.41, 5.74) is 0. The summed E-state index contributed by atoms with van der Waals surface area (Å²) < 4.78 is 1.39. The van der Waals surface area contributed by atoms with Crippen LogP contribution < -0.4 is 0 Å². The predicted octanol–water partition coefficient (Wildman–Crippen LogP) is 0.925. The topological polar surface area (TPSA) is 61.0 Å². The maximum Gasteiger partial charge on any atom is 0.356 e. The molecule has 6 heteroatoms. The second-order valence-electron chi connectivity index (χ2n) is 2.12. The molecule has 0 aliphatic carbocycles. The number of imidazole rings is 1. The van der Waals surface area contributed by atoms with E-state index in [1.54, 1.807) is 14.0 Å². The Labute approximate surface area is 68.6 Å². The van der Waals surface area contributed by atoms with E-state index in [1.165, 1.54) is 4.57 Å². The van der Waals surface area contributed by atoms with E-state index in [0.717, 1.165) is 0 Å². The van der Waals surface area contributed by atoms with Gasteiger partial charge < -0.3 is 10.1 Å². The van der Waals surface area contributed by atoms with Gasteiger partial charge in [0, 0.05) is 6.92 Å². The van der Waals surface area contributed by atoms with Crippen LogP contribution in [-0.4, -0.2) is 14.5 Å². The van der Waals surface area contributed by atoms with Crippen LogP contribution in [0, 0.1) is 17.0 Å². The number of aryl methyl sites for hydroxylation is 1. The molecule has 0 aliphatic rings. The molecule has 1 heterocycles. The van der Waals surface area contributed by atoms with Crippen molar-refractivity contribution in [2.75, 3.05) is 0 Å². The predicted molar refractivity (Wildman–Crippen MR) is 41.9 cm³/mol. The zero-order chi connectivity index (χ0) is 8.59. The normalized spacial score (nSPS) is 10.1. The highest BCUT2D eigenvalue weighted by atomic mass is 32.1. The fraction of sp³-hybridized carbons (Fsp3) is 0.400. The van der Waals surface area contributed by atoms with E-state index in [1.807, 2.05) is 0 Å². The molecule has 0 radical (unpaired) electrons. The van der Waals surface area contributed by atoms with Gasteiger partial charge in [0.05, 0.1) is 7.05 Å². The lowest BCUT2D eigenvalue weighted by molar-refractivity contribution is -0.394. The van der Waals surface area contributed by atoms with E-state index in [-0.39, 0.29) is 10.8 Å². The first-order valence-electron chi connectivity index (χ1n) is 2.90. The van der Waals surface area contributed by atoms with Crippen molar-refractivity contribution in [1.29, 1.82) is 0 Å². The molecule has 60 valence electrons. The average molecular weight is 173 g/mol. The molecular weight excluding hydrogens is 166 g/mol. The van der Waals surface area contributed by atoms with Crippen molar-refractivity contribution < 1.29 is 4.92 Å². The van der Waals surface area contributed by atoms with Crippen LogP contribution in [0.5, 0.6) is 0 Å². The van der Waals surface area contributed by atoms with E-state index in [4.69, 9.17) is 0 Å². The van der Waals surface area contributed by atoms with Gasteiger partial charge in [-0.15, -0.1) is 12.6 Å². The maximum atomic E-state index is 10.4. The molecule has 5 nitrogen and oxygen atoms in total. The van der Waals surface area contributed by atoms with Crippen molar-refractivity contribution >= 4 is 18.4 Å². The molecule has 0 aliphatic heterocycles. The molecule has 0 amide bonds. The van der Waals surface area contributed by atoms with E-state index in [9.17, 15) is 10.1 Å². The zero-order valence-electron chi connectivity index (χ0n) is 6.11. The third-order valence-corrected chi connectivity index (χ3v) is 1.74. The van der Waals surface area contributed by atoms with Crippen LogP contribution >= 0.6 is 12.6 Å². The van der Waals surface area contributed by atoms with Crippen LogP contribution in [0.25, 0.3) is 0 Å². The van der Waals surface area contributed by atoms with Crippen LogP contribution in [0.2, 0.25) is 0 Å². The van der Waals surface area contributed by atoms with E-state index in [2.05, 4.69) is 17.6 Å². The summed E-state index contributed by atoms with van der Waals surface area (Å²) in [6.07, 6.45) is 0. The van der Waals surface area contributed by atoms with Crippen molar-refractivity contribution in [1.82, 2.24) is 9.55 Å². The Morgan fingerprint density at radius 2 is 2.27 bits per heavy atom. The first kappa shape index (κ1) is 8.06. The molecule has 11 heavy (non-hydrogen) atoms. The Balaban J connectivity index is 3.34. The monoisotopic (exact) mass is 173 g/mol. The van der Waals surface area contributed by atoms with Crippen molar-refractivity contribution in [2.45, 2.75) is 11.9 Å². The minimum atomic E-state index is -0.498. The highest BCUT2D eigenvalue weighted by Gasteiger charge is 2.19. The molecule has 0 unspecified atom stereocenters. The van der Waals surface area contributed by atoms with Crippen molar-refractivity contribution in [2.24, 2.45) is 7.05 Å². The molecule has 1 rings (SSSR count). The van der Waals surface area contributed by atoms with Gasteiger partial charge in [0.2, 0.25) is 0 Å². The first-order valence-corrected chi connectivity index (χ1v) is 3.35. The maximum absolute atomic E-state index is 10.4. The van der Waals surface area contributed by atoms with Crippen molar-refractivity contribution in [3.63, 3.8) is 0 Å². The van der Waals surface area contributed by atoms with Gasteiger partial charge in [0.25, 0.3) is 0 Å². The van der Waals surface area contributed by atoms with Crippen LogP contribution in [0.1, 0.15) is 5.82 Å². The van der Waals surface area contributed by atoms with E-state index in [0.29, 0.717) is 5.82 Å². The number of nitro groups is 1. The molecule has 0 saturated heterocycles. The van der Waals surface area contributed by atoms with E-state index >= 15 is 0 Å². The average Bonchev–Trinajstić information content (AvgIpc) is 2.07. The minimum absolute atomic E-state index is 0.0640. The highest BCUT2D eigenvalue weighted by Crippen LogP contribution is 2.21. The summed E-state index contributed by atoms with van der Waals surface area (Å²) in [6.45, 7) is 1.69. The lowest BCUT2D eigenvalue weighted by atomic mass is 10.7. The van der Waals surface area contributed by atoms with Gasteiger partial charge >= 0.3 is 5.82 Å². The lowest BCUT2D eigenvalue weighted by Crippen LogP contribution is -1.98. The molecule has 0 aromatic carbocycles. The Hall–Kier alpha value is -1.04. The third kappa shape index (κ3) is 1.21. The Kier molecular flexibility index (Phi) is 1.86. The van der Waals surface area contributed by atoms with Crippen LogP contribution in [0.3, 0.4) is 0 Å². The van der Waals surface area contributed by atoms with Gasteiger partial charge in [-0.2, -0.15) is 4.98 Å². The van der Waals surface area contributed by atoms with Crippen LogP contribution in [-0.2, 0) is 7.05 Å². The van der Waals surface area contributed by atoms with Gasteiger partial charge in [0.15, 0.2) is 10.9 Å². The summed E-state index contributed by atoms with van der Waals surface area (Å²) >= 11 is 3.85. The molecule has 0 N–H and O–H groups in total. The quantitative estimate of drug-likeness (QED) is 0.390.